The van der Waals surface area contributed by atoms with Crippen LogP contribution in [0.15, 0.2) is 0 Å². The van der Waals surface area contributed by atoms with E-state index in [4.69, 9.17) is 4.74 Å². The van der Waals surface area contributed by atoms with E-state index in [1.165, 1.54) is 6.92 Å². The van der Waals surface area contributed by atoms with Crippen molar-refractivity contribution >= 4 is 5.97 Å². The zero-order chi connectivity index (χ0) is 12.3. The second-order valence-electron chi connectivity index (χ2n) is 4.16. The van der Waals surface area contributed by atoms with E-state index in [0.717, 1.165) is 0 Å². The van der Waals surface area contributed by atoms with Gasteiger partial charge in [0.1, 0.15) is 0 Å². The highest BCUT2D eigenvalue weighted by Crippen LogP contribution is 2.37. The van der Waals surface area contributed by atoms with Crippen LogP contribution in [0, 0.1) is 5.41 Å². The second-order valence-corrected chi connectivity index (χ2v) is 4.16. The summed E-state index contributed by atoms with van der Waals surface area (Å²) in [5, 5.41) is 0. The summed E-state index contributed by atoms with van der Waals surface area (Å²) in [4.78, 5) is 11.5. The Kier molecular flexibility index (Phi) is 4.62. The van der Waals surface area contributed by atoms with Gasteiger partial charge < -0.3 is 4.74 Å². The van der Waals surface area contributed by atoms with Crippen molar-refractivity contribution in [3.63, 3.8) is 0 Å². The smallest absolute Gasteiger partial charge is 0.390 e. The van der Waals surface area contributed by atoms with Gasteiger partial charge in [-0.05, 0) is 27.2 Å². The van der Waals surface area contributed by atoms with Crippen molar-refractivity contribution in [1.29, 1.82) is 0 Å². The first-order valence-corrected chi connectivity index (χ1v) is 4.88. The van der Waals surface area contributed by atoms with Crippen molar-refractivity contribution in [2.24, 2.45) is 5.41 Å². The molecule has 0 spiro atoms. The quantitative estimate of drug-likeness (QED) is 0.687. The lowest BCUT2D eigenvalue weighted by Crippen LogP contribution is -2.35. The topological polar surface area (TPSA) is 26.3 Å². The molecule has 1 atom stereocenters. The van der Waals surface area contributed by atoms with Crippen LogP contribution in [0.2, 0.25) is 0 Å². The van der Waals surface area contributed by atoms with Gasteiger partial charge in [-0.15, -0.1) is 0 Å². The number of carbonyl (C=O) groups excluding carboxylic acids is 1. The fourth-order valence-electron chi connectivity index (χ4n) is 1.14. The van der Waals surface area contributed by atoms with Gasteiger partial charge in [-0.25, -0.2) is 0 Å². The average Bonchev–Trinajstić information content (AvgIpc) is 1.99. The Balaban J connectivity index is 4.62. The third kappa shape index (κ3) is 5.04. The molecule has 5 heteroatoms. The fraction of sp³-hybridized carbons (Fsp3) is 0.900. The molecule has 2 nitrogen and oxygen atoms in total. The van der Waals surface area contributed by atoms with Crippen LogP contribution in [0.5, 0.6) is 0 Å². The maximum Gasteiger partial charge on any atom is 0.390 e. The first kappa shape index (κ1) is 14.3. The normalized spacial score (nSPS) is 16.3. The van der Waals surface area contributed by atoms with Crippen molar-refractivity contribution in [1.82, 2.24) is 0 Å². The van der Waals surface area contributed by atoms with Gasteiger partial charge >= 0.3 is 12.1 Å². The number of esters is 1. The zero-order valence-electron chi connectivity index (χ0n) is 9.44. The van der Waals surface area contributed by atoms with E-state index in [1.54, 1.807) is 20.8 Å². The highest BCUT2D eigenvalue weighted by Gasteiger charge is 2.44. The molecule has 0 amide bonds. The van der Waals surface area contributed by atoms with E-state index in [9.17, 15) is 18.0 Å². The van der Waals surface area contributed by atoms with Crippen LogP contribution in [0.25, 0.3) is 0 Å². The van der Waals surface area contributed by atoms with E-state index in [2.05, 4.69) is 0 Å². The Morgan fingerprint density at radius 1 is 1.33 bits per heavy atom. The maximum absolute atomic E-state index is 12.2. The Bertz CT molecular complexity index is 223. The molecule has 0 saturated heterocycles. The number of alkyl halides is 3. The molecule has 0 aromatic rings. The fourth-order valence-corrected chi connectivity index (χ4v) is 1.14. The summed E-state index contributed by atoms with van der Waals surface area (Å²) in [7, 11) is 0. The van der Waals surface area contributed by atoms with E-state index in [1.807, 2.05) is 0 Å². The Hall–Kier alpha value is -0.740. The lowest BCUT2D eigenvalue weighted by Gasteiger charge is -2.27. The molecule has 0 aliphatic carbocycles. The molecule has 0 N–H and O–H groups in total. The molecule has 0 aromatic carbocycles. The maximum atomic E-state index is 12.2. The second kappa shape index (κ2) is 4.86. The molecule has 0 aromatic heterocycles. The highest BCUT2D eigenvalue weighted by atomic mass is 19.4. The SMILES string of the molecule is CCC(C)(CC(F)(F)F)C(=O)OC(C)C. The van der Waals surface area contributed by atoms with Gasteiger partial charge in [0.2, 0.25) is 0 Å². The molecule has 0 radical (unpaired) electrons. The lowest BCUT2D eigenvalue weighted by atomic mass is 9.84. The number of carbonyl (C=O) groups is 1. The van der Waals surface area contributed by atoms with Gasteiger partial charge in [0.25, 0.3) is 0 Å². The van der Waals surface area contributed by atoms with Crippen LogP contribution in [0.1, 0.15) is 40.5 Å². The molecule has 0 fully saturated rings. The summed E-state index contributed by atoms with van der Waals surface area (Å²) in [5.41, 5.74) is -1.47. The molecule has 0 heterocycles. The van der Waals surface area contributed by atoms with Crippen LogP contribution in [-0.2, 0) is 9.53 Å². The van der Waals surface area contributed by atoms with Gasteiger partial charge in [0.05, 0.1) is 17.9 Å². The van der Waals surface area contributed by atoms with Crippen LogP contribution >= 0.6 is 0 Å². The Morgan fingerprint density at radius 3 is 2.07 bits per heavy atom. The molecule has 0 aliphatic rings. The predicted molar refractivity (Wildman–Crippen MR) is 50.3 cm³/mol. The number of hydrogen-bond acceptors (Lipinski definition) is 2. The molecule has 1 unspecified atom stereocenters. The minimum absolute atomic E-state index is 0.109. The van der Waals surface area contributed by atoms with Crippen molar-refractivity contribution in [3.05, 3.63) is 0 Å². The van der Waals surface area contributed by atoms with Crippen LogP contribution in [0.4, 0.5) is 13.2 Å². The molecule has 0 aliphatic heterocycles. The van der Waals surface area contributed by atoms with E-state index in [-0.39, 0.29) is 6.42 Å². The summed E-state index contributed by atoms with van der Waals surface area (Å²) in [6.45, 7) is 6.06. The summed E-state index contributed by atoms with van der Waals surface area (Å²) in [6, 6.07) is 0. The standard InChI is InChI=1S/C10H17F3O2/c1-5-9(4,6-10(11,12)13)8(14)15-7(2)3/h7H,5-6H2,1-4H3. The first-order chi connectivity index (χ1) is 6.60. The number of hydrogen-bond donors (Lipinski definition) is 0. The first-order valence-electron chi connectivity index (χ1n) is 4.88. The third-order valence-corrected chi connectivity index (χ3v) is 2.21. The van der Waals surface area contributed by atoms with E-state index < -0.39 is 30.1 Å². The highest BCUT2D eigenvalue weighted by molar-refractivity contribution is 5.76. The van der Waals surface area contributed by atoms with Gasteiger partial charge in [-0.1, -0.05) is 6.92 Å². The minimum Gasteiger partial charge on any atom is -0.463 e. The third-order valence-electron chi connectivity index (χ3n) is 2.21. The largest absolute Gasteiger partial charge is 0.463 e. The molecule has 15 heavy (non-hydrogen) atoms. The lowest BCUT2D eigenvalue weighted by molar-refractivity contribution is -0.183. The summed E-state index contributed by atoms with van der Waals surface area (Å²) in [5.74, 6) is -0.780. The van der Waals surface area contributed by atoms with E-state index in [0.29, 0.717) is 0 Å². The molecular weight excluding hydrogens is 209 g/mol. The predicted octanol–water partition coefficient (Wildman–Crippen LogP) is 3.31. The van der Waals surface area contributed by atoms with Crippen molar-refractivity contribution in [2.75, 3.05) is 0 Å². The van der Waals surface area contributed by atoms with Gasteiger partial charge in [-0.3, -0.25) is 4.79 Å². The molecule has 0 rings (SSSR count). The summed E-state index contributed by atoms with van der Waals surface area (Å²) < 4.78 is 41.5. The Labute approximate surface area is 87.8 Å². The van der Waals surface area contributed by atoms with Crippen molar-refractivity contribution in [2.45, 2.75) is 52.8 Å². The number of rotatable bonds is 4. The Morgan fingerprint density at radius 2 is 1.80 bits per heavy atom. The van der Waals surface area contributed by atoms with Gasteiger partial charge in [0, 0.05) is 0 Å². The van der Waals surface area contributed by atoms with Crippen LogP contribution < -0.4 is 0 Å². The van der Waals surface area contributed by atoms with Crippen LogP contribution in [-0.4, -0.2) is 18.2 Å². The van der Waals surface area contributed by atoms with Crippen molar-refractivity contribution < 1.29 is 22.7 Å². The van der Waals surface area contributed by atoms with Crippen LogP contribution in [0.3, 0.4) is 0 Å². The van der Waals surface area contributed by atoms with E-state index >= 15 is 0 Å². The number of halogens is 3. The van der Waals surface area contributed by atoms with Crippen molar-refractivity contribution in [3.8, 4) is 0 Å². The zero-order valence-corrected chi connectivity index (χ0v) is 9.44. The molecule has 90 valence electrons. The summed E-state index contributed by atoms with van der Waals surface area (Å²) in [6.07, 6.45) is -5.77. The molecule has 0 bridgehead atoms. The van der Waals surface area contributed by atoms with Gasteiger partial charge in [-0.2, -0.15) is 13.2 Å². The number of ether oxygens (including phenoxy) is 1. The van der Waals surface area contributed by atoms with Gasteiger partial charge in [0.15, 0.2) is 0 Å². The molecule has 0 saturated carbocycles. The summed E-state index contributed by atoms with van der Waals surface area (Å²) >= 11 is 0. The monoisotopic (exact) mass is 226 g/mol. The minimum atomic E-state index is -4.35. The average molecular weight is 226 g/mol. The molecular formula is C10H17F3O2.